The fourth-order valence-corrected chi connectivity index (χ4v) is 1.87. The maximum absolute atomic E-state index is 12.0. The zero-order valence-corrected chi connectivity index (χ0v) is 10.2. The van der Waals surface area contributed by atoms with E-state index in [1.54, 1.807) is 18.2 Å². The van der Waals surface area contributed by atoms with Gasteiger partial charge in [-0.15, -0.1) is 6.42 Å². The number of aromatic nitrogens is 1. The maximum atomic E-state index is 12.0. The van der Waals surface area contributed by atoms with E-state index in [4.69, 9.17) is 6.42 Å². The fourth-order valence-electron chi connectivity index (χ4n) is 1.87. The normalized spacial score (nSPS) is 9.84. The van der Waals surface area contributed by atoms with Crippen LogP contribution >= 0.6 is 0 Å². The van der Waals surface area contributed by atoms with Crippen molar-refractivity contribution in [1.29, 1.82) is 0 Å². The molecule has 0 saturated carbocycles. The molecule has 0 unspecified atom stereocenters. The number of fused-ring (bicyclic) bond motifs is 1. The first kappa shape index (κ1) is 12.7. The average molecular weight is 252 g/mol. The number of allylic oxidation sites excluding steroid dienone is 1. The minimum absolute atomic E-state index is 0.147. The Bertz CT molecular complexity index is 704. The van der Waals surface area contributed by atoms with Crippen molar-refractivity contribution >= 4 is 22.7 Å². The summed E-state index contributed by atoms with van der Waals surface area (Å²) in [6.07, 6.45) is 7.81. The quantitative estimate of drug-likeness (QED) is 0.669. The number of benzene rings is 1. The number of rotatable bonds is 3. The van der Waals surface area contributed by atoms with Gasteiger partial charge in [-0.1, -0.05) is 30.7 Å². The van der Waals surface area contributed by atoms with Gasteiger partial charge < -0.3 is 5.32 Å². The highest BCUT2D eigenvalue weighted by Crippen LogP contribution is 2.21. The van der Waals surface area contributed by atoms with Gasteiger partial charge in [-0.05, 0) is 12.1 Å². The van der Waals surface area contributed by atoms with Gasteiger partial charge in [-0.25, -0.2) is 0 Å². The molecule has 1 amide bonds. The van der Waals surface area contributed by atoms with Gasteiger partial charge in [0.15, 0.2) is 0 Å². The van der Waals surface area contributed by atoms with E-state index in [0.29, 0.717) is 16.5 Å². The lowest BCUT2D eigenvalue weighted by molar-refractivity contribution is 0.0960. The van der Waals surface area contributed by atoms with Crippen molar-refractivity contribution in [2.45, 2.75) is 0 Å². The molecule has 0 aliphatic carbocycles. The molecule has 0 atom stereocenters. The third-order valence-electron chi connectivity index (χ3n) is 2.72. The Hall–Kier alpha value is -2.80. The molecule has 1 aromatic carbocycles. The molecular formula is C15H12N2O2. The first-order valence-corrected chi connectivity index (χ1v) is 5.67. The molecule has 2 aromatic rings. The third-order valence-corrected chi connectivity index (χ3v) is 2.72. The molecule has 0 bridgehead atoms. The largest absolute Gasteiger partial charge is 0.341 e. The second-order valence-electron chi connectivity index (χ2n) is 3.86. The number of nitrogens with zero attached hydrogens (tertiary/aromatic N) is 1. The smallest absolute Gasteiger partial charge is 0.254 e. The van der Waals surface area contributed by atoms with Crippen LogP contribution in [0.2, 0.25) is 0 Å². The Morgan fingerprint density at radius 2 is 2.16 bits per heavy atom. The number of amides is 1. The number of hydrogen-bond acceptors (Lipinski definition) is 2. The SMILES string of the molecule is C#CCNC(=O)c1cn(C(=O)C=C)c2ccccc12. The second kappa shape index (κ2) is 5.23. The van der Waals surface area contributed by atoms with E-state index < -0.39 is 0 Å². The standard InChI is InChI=1S/C15H12N2O2/c1-3-9-16-15(19)12-10-17(14(18)4-2)13-8-6-5-7-11(12)13/h1,4-8,10H,2,9H2,(H,16,19). The summed E-state index contributed by atoms with van der Waals surface area (Å²) in [5.74, 6) is 1.75. The molecular weight excluding hydrogens is 240 g/mol. The molecule has 0 aliphatic rings. The van der Waals surface area contributed by atoms with Crippen LogP contribution in [0, 0.1) is 12.3 Å². The van der Waals surface area contributed by atoms with Crippen molar-refractivity contribution < 1.29 is 9.59 Å². The van der Waals surface area contributed by atoms with E-state index in [9.17, 15) is 9.59 Å². The lowest BCUT2D eigenvalue weighted by atomic mass is 10.1. The molecule has 0 saturated heterocycles. The number of nitrogens with one attached hydrogen (secondary N) is 1. The molecule has 0 radical (unpaired) electrons. The monoisotopic (exact) mass is 252 g/mol. The number of carbonyl (C=O) groups is 2. The van der Waals surface area contributed by atoms with Crippen molar-refractivity contribution in [3.8, 4) is 12.3 Å². The summed E-state index contributed by atoms with van der Waals surface area (Å²) in [6.45, 7) is 3.60. The summed E-state index contributed by atoms with van der Waals surface area (Å²) in [6, 6.07) is 7.17. The zero-order chi connectivity index (χ0) is 13.8. The average Bonchev–Trinajstić information content (AvgIpc) is 2.83. The zero-order valence-electron chi connectivity index (χ0n) is 10.2. The maximum Gasteiger partial charge on any atom is 0.254 e. The van der Waals surface area contributed by atoms with Crippen molar-refractivity contribution in [1.82, 2.24) is 9.88 Å². The van der Waals surface area contributed by atoms with E-state index in [0.717, 1.165) is 0 Å². The highest BCUT2D eigenvalue weighted by Gasteiger charge is 2.16. The Morgan fingerprint density at radius 1 is 1.42 bits per heavy atom. The summed E-state index contributed by atoms with van der Waals surface area (Å²) in [7, 11) is 0. The molecule has 94 valence electrons. The Labute approximate surface area is 110 Å². The van der Waals surface area contributed by atoms with Crippen LogP contribution in [-0.2, 0) is 0 Å². The van der Waals surface area contributed by atoms with E-state index >= 15 is 0 Å². The third kappa shape index (κ3) is 2.26. The molecule has 0 spiro atoms. The molecule has 1 aromatic heterocycles. The predicted molar refractivity (Wildman–Crippen MR) is 73.9 cm³/mol. The van der Waals surface area contributed by atoms with Gasteiger partial charge >= 0.3 is 0 Å². The number of hydrogen-bond donors (Lipinski definition) is 1. The molecule has 1 N–H and O–H groups in total. The number of carbonyl (C=O) groups excluding carboxylic acids is 2. The van der Waals surface area contributed by atoms with Gasteiger partial charge in [0.25, 0.3) is 11.8 Å². The lowest BCUT2D eigenvalue weighted by Gasteiger charge is -1.98. The van der Waals surface area contributed by atoms with Gasteiger partial charge in [0, 0.05) is 11.6 Å². The Kier molecular flexibility index (Phi) is 3.48. The predicted octanol–water partition coefficient (Wildman–Crippen LogP) is 1.83. The summed E-state index contributed by atoms with van der Waals surface area (Å²) in [5, 5.41) is 3.29. The number of terminal acetylenes is 1. The summed E-state index contributed by atoms with van der Waals surface area (Å²) >= 11 is 0. The van der Waals surface area contributed by atoms with Gasteiger partial charge in [-0.2, -0.15) is 0 Å². The molecule has 1 heterocycles. The van der Waals surface area contributed by atoms with Crippen LogP contribution in [0.1, 0.15) is 15.2 Å². The molecule has 0 fully saturated rings. The minimum atomic E-state index is -0.301. The Balaban J connectivity index is 2.57. The fraction of sp³-hybridized carbons (Fsp3) is 0.0667. The van der Waals surface area contributed by atoms with E-state index in [1.165, 1.54) is 16.8 Å². The molecule has 4 nitrogen and oxygen atoms in total. The van der Waals surface area contributed by atoms with Crippen molar-refractivity contribution in [3.05, 3.63) is 48.7 Å². The van der Waals surface area contributed by atoms with Crippen molar-refractivity contribution in [3.63, 3.8) is 0 Å². The van der Waals surface area contributed by atoms with Gasteiger partial charge in [0.1, 0.15) is 0 Å². The first-order valence-electron chi connectivity index (χ1n) is 5.67. The molecule has 2 rings (SSSR count). The van der Waals surface area contributed by atoms with E-state index in [2.05, 4.69) is 17.8 Å². The lowest BCUT2D eigenvalue weighted by Crippen LogP contribution is -2.23. The first-order chi connectivity index (χ1) is 9.19. The van der Waals surface area contributed by atoms with Crippen LogP contribution in [-0.4, -0.2) is 22.9 Å². The van der Waals surface area contributed by atoms with E-state index in [-0.39, 0.29) is 18.4 Å². The highest BCUT2D eigenvalue weighted by atomic mass is 16.2. The van der Waals surface area contributed by atoms with Gasteiger partial charge in [-0.3, -0.25) is 14.2 Å². The minimum Gasteiger partial charge on any atom is -0.341 e. The molecule has 0 aliphatic heterocycles. The van der Waals surface area contributed by atoms with Crippen LogP contribution in [0.4, 0.5) is 0 Å². The van der Waals surface area contributed by atoms with Gasteiger partial charge in [0.2, 0.25) is 0 Å². The number of para-hydroxylation sites is 1. The Morgan fingerprint density at radius 3 is 2.84 bits per heavy atom. The summed E-state index contributed by atoms with van der Waals surface area (Å²) in [4.78, 5) is 23.7. The summed E-state index contributed by atoms with van der Waals surface area (Å²) in [5.41, 5.74) is 1.08. The highest BCUT2D eigenvalue weighted by molar-refractivity contribution is 6.10. The van der Waals surface area contributed by atoms with Crippen molar-refractivity contribution in [2.24, 2.45) is 0 Å². The van der Waals surface area contributed by atoms with Crippen LogP contribution in [0.25, 0.3) is 10.9 Å². The topological polar surface area (TPSA) is 51.1 Å². The van der Waals surface area contributed by atoms with Crippen LogP contribution in [0.5, 0.6) is 0 Å². The second-order valence-corrected chi connectivity index (χ2v) is 3.86. The van der Waals surface area contributed by atoms with E-state index in [1.807, 2.05) is 6.07 Å². The molecule has 19 heavy (non-hydrogen) atoms. The van der Waals surface area contributed by atoms with Crippen LogP contribution in [0.15, 0.2) is 43.1 Å². The summed E-state index contributed by atoms with van der Waals surface area (Å²) < 4.78 is 1.40. The van der Waals surface area contributed by atoms with Crippen LogP contribution in [0.3, 0.4) is 0 Å². The molecule has 4 heteroatoms. The van der Waals surface area contributed by atoms with Crippen molar-refractivity contribution in [2.75, 3.05) is 6.54 Å². The van der Waals surface area contributed by atoms with Crippen LogP contribution < -0.4 is 5.32 Å². The van der Waals surface area contributed by atoms with Gasteiger partial charge in [0.05, 0.1) is 17.6 Å².